The van der Waals surface area contributed by atoms with Crippen molar-refractivity contribution in [1.29, 1.82) is 0 Å². The maximum atomic E-state index is 10.3. The molecule has 0 aromatic carbocycles. The first-order valence-corrected chi connectivity index (χ1v) is 4.08. The first-order valence-electron chi connectivity index (χ1n) is 4.08. The zero-order chi connectivity index (χ0) is 9.68. The standard InChI is InChI=1S/C10H11NO2/c1-2-8-5-6-11-7-9(8)3-4-10(12)13/h3-7H,2H2,1H3,(H,12,13). The minimum absolute atomic E-state index is 0.868. The van der Waals surface area contributed by atoms with E-state index in [1.165, 1.54) is 0 Å². The molecule has 0 unspecified atom stereocenters. The molecule has 0 fully saturated rings. The fraction of sp³-hybridized carbons (Fsp3) is 0.200. The van der Waals surface area contributed by atoms with Crippen LogP contribution in [0.4, 0.5) is 0 Å². The third kappa shape index (κ3) is 2.71. The molecule has 68 valence electrons. The number of hydrogen-bond donors (Lipinski definition) is 1. The molecule has 1 rings (SSSR count). The Morgan fingerprint density at radius 3 is 3.08 bits per heavy atom. The van der Waals surface area contributed by atoms with Crippen molar-refractivity contribution < 1.29 is 9.90 Å². The Hall–Kier alpha value is -1.64. The van der Waals surface area contributed by atoms with E-state index in [9.17, 15) is 4.79 Å². The van der Waals surface area contributed by atoms with E-state index in [-0.39, 0.29) is 0 Å². The van der Waals surface area contributed by atoms with Crippen molar-refractivity contribution in [2.24, 2.45) is 0 Å². The smallest absolute Gasteiger partial charge is 0.328 e. The first kappa shape index (κ1) is 9.45. The predicted molar refractivity (Wildman–Crippen MR) is 50.3 cm³/mol. The van der Waals surface area contributed by atoms with Gasteiger partial charge in [0.05, 0.1) is 0 Å². The van der Waals surface area contributed by atoms with E-state index in [2.05, 4.69) is 4.98 Å². The van der Waals surface area contributed by atoms with Gasteiger partial charge in [0.1, 0.15) is 0 Å². The van der Waals surface area contributed by atoms with Crippen LogP contribution in [0.2, 0.25) is 0 Å². The average molecular weight is 177 g/mol. The first-order chi connectivity index (χ1) is 6.24. The summed E-state index contributed by atoms with van der Waals surface area (Å²) in [4.78, 5) is 14.2. The van der Waals surface area contributed by atoms with E-state index < -0.39 is 5.97 Å². The topological polar surface area (TPSA) is 50.2 Å². The van der Waals surface area contributed by atoms with E-state index >= 15 is 0 Å². The van der Waals surface area contributed by atoms with Crippen LogP contribution in [-0.2, 0) is 11.2 Å². The number of aryl methyl sites for hydroxylation is 1. The van der Waals surface area contributed by atoms with Gasteiger partial charge in [-0.25, -0.2) is 4.79 Å². The Bertz CT molecular complexity index is 331. The van der Waals surface area contributed by atoms with Crippen LogP contribution in [0, 0.1) is 0 Å². The van der Waals surface area contributed by atoms with Crippen LogP contribution >= 0.6 is 0 Å². The number of rotatable bonds is 3. The van der Waals surface area contributed by atoms with Gasteiger partial charge in [-0.2, -0.15) is 0 Å². The summed E-state index contributed by atoms with van der Waals surface area (Å²) in [5.74, 6) is -0.939. The molecule has 0 saturated heterocycles. The van der Waals surface area contributed by atoms with Crippen molar-refractivity contribution in [2.75, 3.05) is 0 Å². The summed E-state index contributed by atoms with van der Waals surface area (Å²) in [6, 6.07) is 1.89. The third-order valence-corrected chi connectivity index (χ3v) is 1.73. The van der Waals surface area contributed by atoms with Crippen LogP contribution in [0.1, 0.15) is 18.1 Å². The number of carboxylic acid groups (broad SMARTS) is 1. The van der Waals surface area contributed by atoms with Crippen molar-refractivity contribution >= 4 is 12.0 Å². The van der Waals surface area contributed by atoms with Crippen LogP contribution in [0.25, 0.3) is 6.08 Å². The molecule has 0 amide bonds. The molecule has 0 atom stereocenters. The molecule has 1 aromatic rings. The molecule has 1 N–H and O–H groups in total. The Labute approximate surface area is 76.7 Å². The van der Waals surface area contributed by atoms with Crippen LogP contribution in [0.3, 0.4) is 0 Å². The summed E-state index contributed by atoms with van der Waals surface area (Å²) < 4.78 is 0. The predicted octanol–water partition coefficient (Wildman–Crippen LogP) is 1.74. The van der Waals surface area contributed by atoms with Gasteiger partial charge < -0.3 is 5.11 Å². The second-order valence-corrected chi connectivity index (χ2v) is 2.60. The van der Waals surface area contributed by atoms with Gasteiger partial charge in [0.2, 0.25) is 0 Å². The van der Waals surface area contributed by atoms with Gasteiger partial charge >= 0.3 is 5.97 Å². The molecule has 0 spiro atoms. The summed E-state index contributed by atoms with van der Waals surface area (Å²) in [6.45, 7) is 2.02. The highest BCUT2D eigenvalue weighted by Gasteiger charge is 1.96. The van der Waals surface area contributed by atoms with Crippen molar-refractivity contribution in [3.05, 3.63) is 35.7 Å². The highest BCUT2D eigenvalue weighted by molar-refractivity contribution is 5.85. The van der Waals surface area contributed by atoms with E-state index in [0.717, 1.165) is 23.6 Å². The fourth-order valence-corrected chi connectivity index (χ4v) is 1.07. The number of hydrogen-bond acceptors (Lipinski definition) is 2. The maximum Gasteiger partial charge on any atom is 0.328 e. The molecule has 13 heavy (non-hydrogen) atoms. The fourth-order valence-electron chi connectivity index (χ4n) is 1.07. The lowest BCUT2D eigenvalue weighted by Gasteiger charge is -1.99. The van der Waals surface area contributed by atoms with Gasteiger partial charge in [0, 0.05) is 18.5 Å². The number of carbonyl (C=O) groups is 1. The molecule has 1 heterocycles. The maximum absolute atomic E-state index is 10.3. The highest BCUT2D eigenvalue weighted by atomic mass is 16.4. The summed E-state index contributed by atoms with van der Waals surface area (Å²) in [7, 11) is 0. The second kappa shape index (κ2) is 4.40. The third-order valence-electron chi connectivity index (χ3n) is 1.73. The molecule has 3 nitrogen and oxygen atoms in total. The summed E-state index contributed by atoms with van der Waals surface area (Å²) in [5, 5.41) is 8.43. The van der Waals surface area contributed by atoms with Crippen LogP contribution in [0.5, 0.6) is 0 Å². The second-order valence-electron chi connectivity index (χ2n) is 2.60. The number of pyridine rings is 1. The molecular formula is C10H11NO2. The van der Waals surface area contributed by atoms with Gasteiger partial charge in [0.15, 0.2) is 0 Å². The molecule has 3 heteroatoms. The summed E-state index contributed by atoms with van der Waals surface area (Å²) >= 11 is 0. The van der Waals surface area contributed by atoms with Gasteiger partial charge in [-0.15, -0.1) is 0 Å². The van der Waals surface area contributed by atoms with E-state index in [0.29, 0.717) is 0 Å². The number of aliphatic carboxylic acids is 1. The Morgan fingerprint density at radius 2 is 2.46 bits per heavy atom. The van der Waals surface area contributed by atoms with Gasteiger partial charge in [-0.05, 0) is 29.7 Å². The lowest BCUT2D eigenvalue weighted by molar-refractivity contribution is -0.131. The van der Waals surface area contributed by atoms with Crippen molar-refractivity contribution in [3.63, 3.8) is 0 Å². The Morgan fingerprint density at radius 1 is 1.69 bits per heavy atom. The number of carboxylic acids is 1. The molecule has 0 radical (unpaired) electrons. The Balaban J connectivity index is 2.93. The van der Waals surface area contributed by atoms with Crippen molar-refractivity contribution in [1.82, 2.24) is 4.98 Å². The summed E-state index contributed by atoms with van der Waals surface area (Å²) in [6.07, 6.45) is 6.93. The molecule has 0 aliphatic heterocycles. The average Bonchev–Trinajstić information content (AvgIpc) is 2.15. The van der Waals surface area contributed by atoms with Gasteiger partial charge in [-0.3, -0.25) is 4.98 Å². The molecule has 0 saturated carbocycles. The van der Waals surface area contributed by atoms with Crippen molar-refractivity contribution in [2.45, 2.75) is 13.3 Å². The van der Waals surface area contributed by atoms with Gasteiger partial charge in [0.25, 0.3) is 0 Å². The molecular weight excluding hydrogens is 166 g/mol. The number of nitrogens with zero attached hydrogens (tertiary/aromatic N) is 1. The minimum Gasteiger partial charge on any atom is -0.478 e. The van der Waals surface area contributed by atoms with E-state index in [1.807, 2.05) is 13.0 Å². The van der Waals surface area contributed by atoms with E-state index in [4.69, 9.17) is 5.11 Å². The normalized spacial score (nSPS) is 10.5. The number of aromatic nitrogens is 1. The monoisotopic (exact) mass is 177 g/mol. The SMILES string of the molecule is CCc1ccncc1C=CC(=O)O. The molecule has 1 aromatic heterocycles. The summed E-state index contributed by atoms with van der Waals surface area (Å²) in [5.41, 5.74) is 1.97. The van der Waals surface area contributed by atoms with Crippen LogP contribution in [0.15, 0.2) is 24.5 Å². The van der Waals surface area contributed by atoms with Crippen molar-refractivity contribution in [3.8, 4) is 0 Å². The lowest BCUT2D eigenvalue weighted by atomic mass is 10.1. The minimum atomic E-state index is -0.939. The molecule has 0 aliphatic carbocycles. The van der Waals surface area contributed by atoms with Gasteiger partial charge in [-0.1, -0.05) is 6.92 Å². The molecule has 0 aliphatic rings. The zero-order valence-corrected chi connectivity index (χ0v) is 7.40. The quantitative estimate of drug-likeness (QED) is 0.715. The zero-order valence-electron chi connectivity index (χ0n) is 7.40. The lowest BCUT2D eigenvalue weighted by Crippen LogP contribution is -1.90. The van der Waals surface area contributed by atoms with E-state index in [1.54, 1.807) is 18.5 Å². The largest absolute Gasteiger partial charge is 0.478 e. The van der Waals surface area contributed by atoms with Crippen LogP contribution in [-0.4, -0.2) is 16.1 Å². The Kier molecular flexibility index (Phi) is 3.20. The molecule has 0 bridgehead atoms. The highest BCUT2D eigenvalue weighted by Crippen LogP contribution is 2.09. The van der Waals surface area contributed by atoms with Crippen LogP contribution < -0.4 is 0 Å².